The third-order valence-electron chi connectivity index (χ3n) is 3.74. The van der Waals surface area contributed by atoms with Gasteiger partial charge in [0.15, 0.2) is 5.82 Å². The summed E-state index contributed by atoms with van der Waals surface area (Å²) >= 11 is 0. The van der Waals surface area contributed by atoms with Crippen molar-refractivity contribution in [3.8, 4) is 0 Å². The van der Waals surface area contributed by atoms with E-state index in [2.05, 4.69) is 10.1 Å². The second kappa shape index (κ2) is 6.54. The first-order chi connectivity index (χ1) is 11.8. The molecule has 2 aromatic heterocycles. The standard InChI is InChI=1S/C17H14F3N3O2/c1-11-4-2-3-5-12(11)8-15-21-14(22-25-15)10-23-9-13(17(18,19)20)6-7-16(23)24/h2-7,9H,8,10H2,1H3. The zero-order chi connectivity index (χ0) is 18.0. The van der Waals surface area contributed by atoms with Crippen molar-refractivity contribution in [2.75, 3.05) is 0 Å². The van der Waals surface area contributed by atoms with Crippen LogP contribution in [0.2, 0.25) is 0 Å². The van der Waals surface area contributed by atoms with Gasteiger partial charge in [-0.3, -0.25) is 4.79 Å². The molecule has 25 heavy (non-hydrogen) atoms. The van der Waals surface area contributed by atoms with Gasteiger partial charge in [-0.05, 0) is 24.1 Å². The van der Waals surface area contributed by atoms with E-state index < -0.39 is 17.3 Å². The molecule has 3 aromatic rings. The number of aryl methyl sites for hydroxylation is 1. The molecule has 0 radical (unpaired) electrons. The molecule has 0 fully saturated rings. The van der Waals surface area contributed by atoms with Crippen LogP contribution < -0.4 is 5.56 Å². The molecule has 0 amide bonds. The third-order valence-corrected chi connectivity index (χ3v) is 3.74. The van der Waals surface area contributed by atoms with Gasteiger partial charge in [-0.25, -0.2) is 0 Å². The van der Waals surface area contributed by atoms with E-state index in [4.69, 9.17) is 4.52 Å². The van der Waals surface area contributed by atoms with Gasteiger partial charge in [0, 0.05) is 12.3 Å². The van der Waals surface area contributed by atoms with E-state index in [1.54, 1.807) is 0 Å². The van der Waals surface area contributed by atoms with E-state index in [-0.39, 0.29) is 12.4 Å². The molecule has 0 saturated heterocycles. The first kappa shape index (κ1) is 16.9. The molecule has 1 aromatic carbocycles. The summed E-state index contributed by atoms with van der Waals surface area (Å²) in [5.41, 5.74) is 0.597. The maximum atomic E-state index is 12.8. The first-order valence-electron chi connectivity index (χ1n) is 7.46. The number of rotatable bonds is 4. The molecule has 0 aliphatic rings. The summed E-state index contributed by atoms with van der Waals surface area (Å²) in [5.74, 6) is 0.481. The average molecular weight is 349 g/mol. The molecule has 0 aliphatic carbocycles. The Kier molecular flexibility index (Phi) is 4.43. The quantitative estimate of drug-likeness (QED) is 0.726. The van der Waals surface area contributed by atoms with E-state index in [0.717, 1.165) is 34.0 Å². The summed E-state index contributed by atoms with van der Waals surface area (Å²) in [7, 11) is 0. The third kappa shape index (κ3) is 3.96. The van der Waals surface area contributed by atoms with Crippen LogP contribution in [0.25, 0.3) is 0 Å². The number of hydrogen-bond donors (Lipinski definition) is 0. The van der Waals surface area contributed by atoms with Crippen LogP contribution in [0.4, 0.5) is 13.2 Å². The smallest absolute Gasteiger partial charge is 0.339 e. The lowest BCUT2D eigenvalue weighted by molar-refractivity contribution is -0.138. The van der Waals surface area contributed by atoms with Gasteiger partial charge in [-0.2, -0.15) is 18.2 Å². The zero-order valence-electron chi connectivity index (χ0n) is 13.2. The molecule has 0 saturated carbocycles. The van der Waals surface area contributed by atoms with E-state index in [1.807, 2.05) is 31.2 Å². The number of benzene rings is 1. The summed E-state index contributed by atoms with van der Waals surface area (Å²) in [4.78, 5) is 15.9. The van der Waals surface area contributed by atoms with Gasteiger partial charge >= 0.3 is 6.18 Å². The van der Waals surface area contributed by atoms with Gasteiger partial charge in [0.2, 0.25) is 5.89 Å². The summed E-state index contributed by atoms with van der Waals surface area (Å²) in [6.07, 6.45) is -3.36. The van der Waals surface area contributed by atoms with E-state index in [1.165, 1.54) is 0 Å². The number of alkyl halides is 3. The lowest BCUT2D eigenvalue weighted by atomic mass is 10.1. The fourth-order valence-electron chi connectivity index (χ4n) is 2.37. The zero-order valence-corrected chi connectivity index (χ0v) is 13.2. The second-order valence-electron chi connectivity index (χ2n) is 5.59. The summed E-state index contributed by atoms with van der Waals surface area (Å²) < 4.78 is 44.3. The predicted molar refractivity (Wildman–Crippen MR) is 83.1 cm³/mol. The first-order valence-corrected chi connectivity index (χ1v) is 7.46. The molecule has 0 aliphatic heterocycles. The monoisotopic (exact) mass is 349 g/mol. The van der Waals surface area contributed by atoms with Crippen molar-refractivity contribution in [1.29, 1.82) is 0 Å². The Morgan fingerprint density at radius 2 is 1.92 bits per heavy atom. The molecular formula is C17H14F3N3O2. The van der Waals surface area contributed by atoms with Crippen LogP contribution >= 0.6 is 0 Å². The largest absolute Gasteiger partial charge is 0.417 e. The molecule has 3 rings (SSSR count). The fourth-order valence-corrected chi connectivity index (χ4v) is 2.37. The van der Waals surface area contributed by atoms with Crippen LogP contribution in [-0.2, 0) is 19.1 Å². The predicted octanol–water partition coefficient (Wildman–Crippen LogP) is 3.20. The Labute approximate surface area is 140 Å². The van der Waals surface area contributed by atoms with Crippen molar-refractivity contribution in [1.82, 2.24) is 14.7 Å². The highest BCUT2D eigenvalue weighted by Crippen LogP contribution is 2.28. The Morgan fingerprint density at radius 1 is 1.16 bits per heavy atom. The maximum absolute atomic E-state index is 12.8. The number of aromatic nitrogens is 3. The van der Waals surface area contributed by atoms with Crippen LogP contribution in [0.3, 0.4) is 0 Å². The van der Waals surface area contributed by atoms with Crippen molar-refractivity contribution in [3.63, 3.8) is 0 Å². The van der Waals surface area contributed by atoms with Gasteiger partial charge in [-0.1, -0.05) is 29.4 Å². The van der Waals surface area contributed by atoms with E-state index >= 15 is 0 Å². The topological polar surface area (TPSA) is 60.9 Å². The lowest BCUT2D eigenvalue weighted by Crippen LogP contribution is -2.22. The molecule has 130 valence electrons. The Bertz CT molecular complexity index is 945. The highest BCUT2D eigenvalue weighted by atomic mass is 19.4. The molecular weight excluding hydrogens is 335 g/mol. The van der Waals surface area contributed by atoms with Crippen molar-refractivity contribution in [2.24, 2.45) is 0 Å². The molecule has 0 bridgehead atoms. The number of pyridine rings is 1. The van der Waals surface area contributed by atoms with Gasteiger partial charge in [0.05, 0.1) is 18.5 Å². The van der Waals surface area contributed by atoms with Gasteiger partial charge < -0.3 is 9.09 Å². The van der Waals surface area contributed by atoms with Crippen molar-refractivity contribution in [3.05, 3.63) is 81.4 Å². The van der Waals surface area contributed by atoms with Crippen LogP contribution in [-0.4, -0.2) is 14.7 Å². The minimum absolute atomic E-state index is 0.144. The van der Waals surface area contributed by atoms with Crippen LogP contribution in [0.15, 0.2) is 51.9 Å². The van der Waals surface area contributed by atoms with Crippen LogP contribution in [0.5, 0.6) is 0 Å². The van der Waals surface area contributed by atoms with Crippen LogP contribution in [0, 0.1) is 6.92 Å². The number of hydrogen-bond acceptors (Lipinski definition) is 4. The Hall–Kier alpha value is -2.90. The summed E-state index contributed by atoms with van der Waals surface area (Å²) in [6.45, 7) is 1.76. The van der Waals surface area contributed by atoms with E-state index in [9.17, 15) is 18.0 Å². The molecule has 0 atom stereocenters. The second-order valence-corrected chi connectivity index (χ2v) is 5.59. The summed E-state index contributed by atoms with van der Waals surface area (Å²) in [6, 6.07) is 9.31. The van der Waals surface area contributed by atoms with Crippen molar-refractivity contribution in [2.45, 2.75) is 26.1 Å². The van der Waals surface area contributed by atoms with Gasteiger partial charge in [0.1, 0.15) is 0 Å². The average Bonchev–Trinajstić information content (AvgIpc) is 2.98. The SMILES string of the molecule is Cc1ccccc1Cc1nc(Cn2cc(C(F)(F)F)ccc2=O)no1. The minimum Gasteiger partial charge on any atom is -0.339 e. The molecule has 0 unspecified atom stereocenters. The normalized spacial score (nSPS) is 11.7. The molecule has 5 nitrogen and oxygen atoms in total. The summed E-state index contributed by atoms with van der Waals surface area (Å²) in [5, 5.41) is 3.74. The molecule has 0 spiro atoms. The van der Waals surface area contributed by atoms with Crippen LogP contribution in [0.1, 0.15) is 28.4 Å². The maximum Gasteiger partial charge on any atom is 0.417 e. The molecule has 2 heterocycles. The lowest BCUT2D eigenvalue weighted by Gasteiger charge is -2.09. The van der Waals surface area contributed by atoms with Gasteiger partial charge in [0.25, 0.3) is 5.56 Å². The Balaban J connectivity index is 1.80. The van der Waals surface area contributed by atoms with Crippen molar-refractivity contribution < 1.29 is 17.7 Å². The Morgan fingerprint density at radius 3 is 2.64 bits per heavy atom. The number of nitrogens with zero attached hydrogens (tertiary/aromatic N) is 3. The number of halogens is 3. The highest BCUT2D eigenvalue weighted by molar-refractivity contribution is 5.27. The highest BCUT2D eigenvalue weighted by Gasteiger charge is 2.31. The van der Waals surface area contributed by atoms with Crippen molar-refractivity contribution >= 4 is 0 Å². The minimum atomic E-state index is -4.53. The molecule has 8 heteroatoms. The fraction of sp³-hybridized carbons (Fsp3) is 0.235. The van der Waals surface area contributed by atoms with E-state index in [0.29, 0.717) is 12.3 Å². The van der Waals surface area contributed by atoms with Gasteiger partial charge in [-0.15, -0.1) is 0 Å². The molecule has 0 N–H and O–H groups in total.